The average molecular weight is 289 g/mol. The van der Waals surface area contributed by atoms with Crippen molar-refractivity contribution in [3.8, 4) is 0 Å². The van der Waals surface area contributed by atoms with Gasteiger partial charge in [0.1, 0.15) is 0 Å². The molecule has 2 rings (SSSR count). The van der Waals surface area contributed by atoms with Gasteiger partial charge in [0, 0.05) is 19.5 Å². The number of hydrogen-bond acceptors (Lipinski definition) is 2. The smallest absolute Gasteiger partial charge is 0.307 e. The van der Waals surface area contributed by atoms with Gasteiger partial charge >= 0.3 is 5.97 Å². The van der Waals surface area contributed by atoms with Gasteiger partial charge in [0.2, 0.25) is 5.91 Å². The molecule has 0 bridgehead atoms. The normalized spacial score (nSPS) is 15.7. The largest absolute Gasteiger partial charge is 0.481 e. The van der Waals surface area contributed by atoms with Gasteiger partial charge in [-0.1, -0.05) is 38.1 Å². The van der Waals surface area contributed by atoms with Crippen molar-refractivity contribution in [2.24, 2.45) is 11.8 Å². The Morgan fingerprint density at radius 1 is 1.24 bits per heavy atom. The molecule has 0 aromatic heterocycles. The SMILES string of the molecule is CC(C)CC(CC(=O)N1CCc2ccccc2C1)C(=O)O. The summed E-state index contributed by atoms with van der Waals surface area (Å²) in [6.07, 6.45) is 1.50. The highest BCUT2D eigenvalue weighted by Gasteiger charge is 2.27. The Hall–Kier alpha value is -1.84. The topological polar surface area (TPSA) is 57.6 Å². The van der Waals surface area contributed by atoms with Gasteiger partial charge in [-0.05, 0) is 29.9 Å². The van der Waals surface area contributed by atoms with E-state index >= 15 is 0 Å². The fraction of sp³-hybridized carbons (Fsp3) is 0.529. The second kappa shape index (κ2) is 6.74. The number of nitrogens with zero attached hydrogens (tertiary/aromatic N) is 1. The number of carboxylic acid groups (broad SMARTS) is 1. The van der Waals surface area contributed by atoms with Gasteiger partial charge < -0.3 is 10.0 Å². The molecule has 0 aliphatic carbocycles. The first-order chi connectivity index (χ1) is 9.97. The number of hydrogen-bond donors (Lipinski definition) is 1. The monoisotopic (exact) mass is 289 g/mol. The lowest BCUT2D eigenvalue weighted by Crippen LogP contribution is -2.37. The Bertz CT molecular complexity index is 525. The van der Waals surface area contributed by atoms with E-state index in [1.807, 2.05) is 32.0 Å². The zero-order valence-corrected chi connectivity index (χ0v) is 12.7. The summed E-state index contributed by atoms with van der Waals surface area (Å²) in [6, 6.07) is 8.12. The fourth-order valence-corrected chi connectivity index (χ4v) is 2.89. The van der Waals surface area contributed by atoms with E-state index in [1.165, 1.54) is 11.1 Å². The molecule has 0 saturated carbocycles. The molecule has 21 heavy (non-hydrogen) atoms. The predicted molar refractivity (Wildman–Crippen MR) is 80.8 cm³/mol. The first kappa shape index (κ1) is 15.5. The molecule has 0 spiro atoms. The molecule has 114 valence electrons. The average Bonchev–Trinajstić information content (AvgIpc) is 2.45. The Balaban J connectivity index is 1.99. The molecule has 1 atom stereocenters. The minimum atomic E-state index is -0.866. The highest BCUT2D eigenvalue weighted by Crippen LogP contribution is 2.22. The summed E-state index contributed by atoms with van der Waals surface area (Å²) in [7, 11) is 0. The van der Waals surface area contributed by atoms with E-state index in [4.69, 9.17) is 0 Å². The number of aliphatic carboxylic acids is 1. The number of fused-ring (bicyclic) bond motifs is 1. The molecule has 1 amide bonds. The van der Waals surface area contributed by atoms with Crippen molar-refractivity contribution in [3.63, 3.8) is 0 Å². The van der Waals surface area contributed by atoms with Gasteiger partial charge in [0.05, 0.1) is 5.92 Å². The maximum atomic E-state index is 12.4. The maximum Gasteiger partial charge on any atom is 0.307 e. The zero-order chi connectivity index (χ0) is 15.4. The second-order valence-electron chi connectivity index (χ2n) is 6.20. The molecular weight excluding hydrogens is 266 g/mol. The fourth-order valence-electron chi connectivity index (χ4n) is 2.89. The number of carbonyl (C=O) groups is 2. The Labute approximate surface area is 125 Å². The minimum absolute atomic E-state index is 0.0439. The van der Waals surface area contributed by atoms with E-state index in [-0.39, 0.29) is 18.2 Å². The summed E-state index contributed by atoms with van der Waals surface area (Å²) in [5.41, 5.74) is 2.46. The van der Waals surface area contributed by atoms with Crippen molar-refractivity contribution in [2.45, 2.75) is 39.7 Å². The van der Waals surface area contributed by atoms with Crippen LogP contribution in [0.2, 0.25) is 0 Å². The quantitative estimate of drug-likeness (QED) is 0.906. The zero-order valence-electron chi connectivity index (χ0n) is 12.7. The van der Waals surface area contributed by atoms with E-state index in [0.29, 0.717) is 19.5 Å². The first-order valence-electron chi connectivity index (χ1n) is 7.54. The molecule has 4 heteroatoms. The van der Waals surface area contributed by atoms with Gasteiger partial charge in [-0.15, -0.1) is 0 Å². The highest BCUT2D eigenvalue weighted by molar-refractivity contribution is 5.82. The van der Waals surface area contributed by atoms with Crippen molar-refractivity contribution >= 4 is 11.9 Å². The summed E-state index contributed by atoms with van der Waals surface area (Å²) < 4.78 is 0. The van der Waals surface area contributed by atoms with Gasteiger partial charge in [0.25, 0.3) is 0 Å². The van der Waals surface area contributed by atoms with Crippen LogP contribution in [0.3, 0.4) is 0 Å². The van der Waals surface area contributed by atoms with Crippen LogP contribution in [0, 0.1) is 11.8 Å². The van der Waals surface area contributed by atoms with Crippen LogP contribution in [0.5, 0.6) is 0 Å². The Morgan fingerprint density at radius 2 is 1.90 bits per heavy atom. The third-order valence-corrected chi connectivity index (χ3v) is 4.01. The minimum Gasteiger partial charge on any atom is -0.481 e. The van der Waals surface area contributed by atoms with Crippen molar-refractivity contribution in [3.05, 3.63) is 35.4 Å². The van der Waals surface area contributed by atoms with E-state index < -0.39 is 11.9 Å². The Morgan fingerprint density at radius 3 is 2.52 bits per heavy atom. The number of carbonyl (C=O) groups excluding carboxylic acids is 1. The highest BCUT2D eigenvalue weighted by atomic mass is 16.4. The third-order valence-electron chi connectivity index (χ3n) is 4.01. The predicted octanol–water partition coefficient (Wildman–Crippen LogP) is 2.71. The summed E-state index contributed by atoms with van der Waals surface area (Å²) in [4.78, 5) is 25.4. The van der Waals surface area contributed by atoms with Crippen molar-refractivity contribution in [2.75, 3.05) is 6.54 Å². The molecule has 0 saturated heterocycles. The van der Waals surface area contributed by atoms with Crippen LogP contribution in [-0.2, 0) is 22.6 Å². The maximum absolute atomic E-state index is 12.4. The standard InChI is InChI=1S/C17H23NO3/c1-12(2)9-15(17(20)21)10-16(19)18-8-7-13-5-3-4-6-14(13)11-18/h3-6,12,15H,7-11H2,1-2H3,(H,20,21). The third kappa shape index (κ3) is 4.06. The molecule has 1 aromatic rings. The number of rotatable bonds is 5. The van der Waals surface area contributed by atoms with Gasteiger partial charge in [-0.3, -0.25) is 9.59 Å². The number of amides is 1. The molecule has 1 unspecified atom stereocenters. The molecule has 1 N–H and O–H groups in total. The molecular formula is C17H23NO3. The lowest BCUT2D eigenvalue weighted by Gasteiger charge is -2.30. The molecule has 1 aliphatic rings. The molecule has 1 aliphatic heterocycles. The van der Waals surface area contributed by atoms with Gasteiger partial charge in [-0.25, -0.2) is 0 Å². The van der Waals surface area contributed by atoms with Crippen LogP contribution >= 0.6 is 0 Å². The van der Waals surface area contributed by atoms with E-state index in [9.17, 15) is 14.7 Å². The van der Waals surface area contributed by atoms with Crippen molar-refractivity contribution < 1.29 is 14.7 Å². The van der Waals surface area contributed by atoms with Crippen LogP contribution < -0.4 is 0 Å². The molecule has 1 aromatic carbocycles. The molecule has 1 heterocycles. The van der Waals surface area contributed by atoms with Crippen molar-refractivity contribution in [1.82, 2.24) is 4.90 Å². The van der Waals surface area contributed by atoms with Crippen molar-refractivity contribution in [1.29, 1.82) is 0 Å². The molecule has 0 fully saturated rings. The molecule has 4 nitrogen and oxygen atoms in total. The second-order valence-corrected chi connectivity index (χ2v) is 6.20. The van der Waals surface area contributed by atoms with E-state index in [2.05, 4.69) is 6.07 Å². The van der Waals surface area contributed by atoms with Gasteiger partial charge in [-0.2, -0.15) is 0 Å². The van der Waals surface area contributed by atoms with E-state index in [0.717, 1.165) is 6.42 Å². The molecule has 0 radical (unpaired) electrons. The summed E-state index contributed by atoms with van der Waals surface area (Å²) in [5.74, 6) is -1.21. The van der Waals surface area contributed by atoms with E-state index in [1.54, 1.807) is 4.90 Å². The summed E-state index contributed by atoms with van der Waals surface area (Å²) in [6.45, 7) is 5.25. The summed E-state index contributed by atoms with van der Waals surface area (Å²) in [5, 5.41) is 9.26. The number of carboxylic acids is 1. The van der Waals surface area contributed by atoms with Gasteiger partial charge in [0.15, 0.2) is 0 Å². The van der Waals surface area contributed by atoms with Crippen LogP contribution in [0.4, 0.5) is 0 Å². The lowest BCUT2D eigenvalue weighted by molar-refractivity contribution is -0.146. The lowest BCUT2D eigenvalue weighted by atomic mass is 9.93. The first-order valence-corrected chi connectivity index (χ1v) is 7.54. The van der Waals surface area contributed by atoms with Crippen LogP contribution in [-0.4, -0.2) is 28.4 Å². The van der Waals surface area contributed by atoms with Crippen LogP contribution in [0.25, 0.3) is 0 Å². The van der Waals surface area contributed by atoms with Crippen LogP contribution in [0.15, 0.2) is 24.3 Å². The Kier molecular flexibility index (Phi) is 4.99. The number of benzene rings is 1. The van der Waals surface area contributed by atoms with Crippen LogP contribution in [0.1, 0.15) is 37.8 Å². The summed E-state index contributed by atoms with van der Waals surface area (Å²) >= 11 is 0.